The van der Waals surface area contributed by atoms with E-state index < -0.39 is 26.7 Å². The zero-order valence-electron chi connectivity index (χ0n) is 11.9. The number of alkyl halides is 3. The summed E-state index contributed by atoms with van der Waals surface area (Å²) in [6, 6.07) is 2.77. The maximum Gasteiger partial charge on any atom is 0.417 e. The SMILES string of the molecule is CCN[C@H](C)CNS(=O)(=O)c1ccc(Br)cc1C(F)(F)F.Cl. The van der Waals surface area contributed by atoms with Gasteiger partial charge in [-0.2, -0.15) is 13.2 Å². The molecule has 0 radical (unpaired) electrons. The van der Waals surface area contributed by atoms with Gasteiger partial charge < -0.3 is 5.32 Å². The summed E-state index contributed by atoms with van der Waals surface area (Å²) in [4.78, 5) is -0.776. The van der Waals surface area contributed by atoms with E-state index in [9.17, 15) is 21.6 Å². The van der Waals surface area contributed by atoms with Crippen molar-refractivity contribution in [2.45, 2.75) is 31.0 Å². The van der Waals surface area contributed by atoms with Crippen molar-refractivity contribution in [1.82, 2.24) is 10.0 Å². The van der Waals surface area contributed by atoms with Gasteiger partial charge in [-0.25, -0.2) is 13.1 Å². The van der Waals surface area contributed by atoms with Crippen LogP contribution >= 0.6 is 28.3 Å². The Morgan fingerprint density at radius 3 is 2.41 bits per heavy atom. The number of hydrogen-bond donors (Lipinski definition) is 2. The Kier molecular flexibility index (Phi) is 8.35. The maximum atomic E-state index is 13.0. The van der Waals surface area contributed by atoms with Gasteiger partial charge in [-0.1, -0.05) is 22.9 Å². The van der Waals surface area contributed by atoms with E-state index >= 15 is 0 Å². The minimum atomic E-state index is -4.75. The summed E-state index contributed by atoms with van der Waals surface area (Å²) in [6.45, 7) is 4.22. The van der Waals surface area contributed by atoms with Crippen LogP contribution in [0.5, 0.6) is 0 Å². The Morgan fingerprint density at radius 2 is 1.91 bits per heavy atom. The number of nitrogens with one attached hydrogen (secondary N) is 2. The van der Waals surface area contributed by atoms with Gasteiger partial charge in [0.2, 0.25) is 10.0 Å². The summed E-state index contributed by atoms with van der Waals surface area (Å²) in [5.41, 5.74) is -1.19. The molecule has 4 nitrogen and oxygen atoms in total. The zero-order chi connectivity index (χ0) is 16.3. The molecule has 1 aromatic carbocycles. The van der Waals surface area contributed by atoms with Crippen LogP contribution < -0.4 is 10.0 Å². The number of rotatable bonds is 6. The highest BCUT2D eigenvalue weighted by Crippen LogP contribution is 2.35. The molecule has 0 unspecified atom stereocenters. The molecule has 0 spiro atoms. The van der Waals surface area contributed by atoms with Crippen molar-refractivity contribution in [1.29, 1.82) is 0 Å². The highest BCUT2D eigenvalue weighted by atomic mass is 79.9. The molecular weight excluding hydrogens is 409 g/mol. The summed E-state index contributed by atoms with van der Waals surface area (Å²) < 4.78 is 65.3. The number of sulfonamides is 1. The monoisotopic (exact) mass is 424 g/mol. The molecule has 0 saturated carbocycles. The van der Waals surface area contributed by atoms with Crippen LogP contribution in [0.1, 0.15) is 19.4 Å². The van der Waals surface area contributed by atoms with Gasteiger partial charge in [0.25, 0.3) is 0 Å². The minimum absolute atomic E-state index is 0. The first-order valence-electron chi connectivity index (χ1n) is 6.17. The number of likely N-dealkylation sites (N-methyl/N-ethyl adjacent to an activating group) is 1. The quantitative estimate of drug-likeness (QED) is 0.736. The highest BCUT2D eigenvalue weighted by Gasteiger charge is 2.37. The average Bonchev–Trinajstić information content (AvgIpc) is 2.35. The second-order valence-electron chi connectivity index (χ2n) is 4.45. The molecule has 1 rings (SSSR count). The van der Waals surface area contributed by atoms with Crippen molar-refractivity contribution in [3.63, 3.8) is 0 Å². The first-order chi connectivity index (χ1) is 9.58. The lowest BCUT2D eigenvalue weighted by atomic mass is 10.2. The lowest BCUT2D eigenvalue weighted by molar-refractivity contribution is -0.139. The molecule has 1 aromatic rings. The summed E-state index contributed by atoms with van der Waals surface area (Å²) in [5.74, 6) is 0. The predicted octanol–water partition coefficient (Wildman–Crippen LogP) is 3.17. The molecule has 128 valence electrons. The van der Waals surface area contributed by atoms with E-state index in [1.165, 1.54) is 6.07 Å². The smallest absolute Gasteiger partial charge is 0.313 e. The topological polar surface area (TPSA) is 58.2 Å². The number of benzene rings is 1. The fourth-order valence-corrected chi connectivity index (χ4v) is 3.39. The Bertz CT molecular complexity index is 597. The van der Waals surface area contributed by atoms with Crippen molar-refractivity contribution >= 4 is 38.4 Å². The molecule has 0 aromatic heterocycles. The zero-order valence-corrected chi connectivity index (χ0v) is 15.1. The lowest BCUT2D eigenvalue weighted by Gasteiger charge is -2.16. The van der Waals surface area contributed by atoms with Crippen molar-refractivity contribution in [3.8, 4) is 0 Å². The van der Waals surface area contributed by atoms with Gasteiger partial charge >= 0.3 is 6.18 Å². The molecule has 0 amide bonds. The maximum absolute atomic E-state index is 13.0. The van der Waals surface area contributed by atoms with Crippen LogP contribution in [0.25, 0.3) is 0 Å². The average molecular weight is 426 g/mol. The van der Waals surface area contributed by atoms with Crippen LogP contribution in [-0.4, -0.2) is 27.5 Å². The standard InChI is InChI=1S/C12H16BrF3N2O2S.ClH/c1-3-17-8(2)7-18-21(19,20)11-5-4-9(13)6-10(11)12(14,15)16;/h4-6,8,17-18H,3,7H2,1-2H3;1H/t8-;/m1./s1. The fraction of sp³-hybridized carbons (Fsp3) is 0.500. The van der Waals surface area contributed by atoms with Gasteiger partial charge in [-0.3, -0.25) is 0 Å². The third-order valence-electron chi connectivity index (χ3n) is 2.67. The molecule has 22 heavy (non-hydrogen) atoms. The fourth-order valence-electron chi connectivity index (χ4n) is 1.69. The van der Waals surface area contributed by atoms with Gasteiger partial charge in [0.1, 0.15) is 0 Å². The predicted molar refractivity (Wildman–Crippen MR) is 84.7 cm³/mol. The molecule has 1 atom stereocenters. The van der Waals surface area contributed by atoms with Gasteiger partial charge in [0.15, 0.2) is 0 Å². The van der Waals surface area contributed by atoms with Gasteiger partial charge in [-0.05, 0) is 31.7 Å². The van der Waals surface area contributed by atoms with E-state index in [-0.39, 0.29) is 29.5 Å². The van der Waals surface area contributed by atoms with E-state index in [1.807, 2.05) is 6.92 Å². The second kappa shape index (κ2) is 8.49. The molecule has 10 heteroatoms. The largest absolute Gasteiger partial charge is 0.417 e. The van der Waals surface area contributed by atoms with Crippen molar-refractivity contribution in [3.05, 3.63) is 28.2 Å². The lowest BCUT2D eigenvalue weighted by Crippen LogP contribution is -2.39. The summed E-state index contributed by atoms with van der Waals surface area (Å²) in [7, 11) is -4.24. The van der Waals surface area contributed by atoms with E-state index in [1.54, 1.807) is 6.92 Å². The second-order valence-corrected chi connectivity index (χ2v) is 7.10. The summed E-state index contributed by atoms with van der Waals surface area (Å²) in [6.07, 6.45) is -4.75. The van der Waals surface area contributed by atoms with E-state index in [4.69, 9.17) is 0 Å². The van der Waals surface area contributed by atoms with Crippen LogP contribution in [0.15, 0.2) is 27.6 Å². The molecule has 0 heterocycles. The van der Waals surface area contributed by atoms with E-state index in [2.05, 4.69) is 26.0 Å². The molecular formula is C12H17BrClF3N2O2S. The van der Waals surface area contributed by atoms with Crippen LogP contribution in [0.2, 0.25) is 0 Å². The minimum Gasteiger partial charge on any atom is -0.313 e. The van der Waals surface area contributed by atoms with Crippen LogP contribution in [0, 0.1) is 0 Å². The molecule has 0 fully saturated rings. The molecule has 0 aliphatic rings. The Hall–Kier alpha value is -0.350. The number of halogens is 5. The normalized spacial score (nSPS) is 13.5. The molecule has 0 aliphatic heterocycles. The van der Waals surface area contributed by atoms with Gasteiger partial charge in [0.05, 0.1) is 10.5 Å². The van der Waals surface area contributed by atoms with Gasteiger partial charge in [-0.15, -0.1) is 12.4 Å². The first-order valence-corrected chi connectivity index (χ1v) is 8.45. The molecule has 0 bridgehead atoms. The van der Waals surface area contributed by atoms with Crippen LogP contribution in [0.4, 0.5) is 13.2 Å². The van der Waals surface area contributed by atoms with Gasteiger partial charge in [0, 0.05) is 17.1 Å². The molecule has 0 aliphatic carbocycles. The Morgan fingerprint density at radius 1 is 1.32 bits per heavy atom. The first kappa shape index (κ1) is 21.6. The molecule has 0 saturated heterocycles. The van der Waals surface area contributed by atoms with Crippen molar-refractivity contribution in [2.24, 2.45) is 0 Å². The number of hydrogen-bond acceptors (Lipinski definition) is 3. The van der Waals surface area contributed by atoms with E-state index in [0.29, 0.717) is 6.54 Å². The van der Waals surface area contributed by atoms with Crippen molar-refractivity contribution < 1.29 is 21.6 Å². The molecule has 2 N–H and O–H groups in total. The summed E-state index contributed by atoms with van der Waals surface area (Å²) in [5, 5.41) is 2.97. The van der Waals surface area contributed by atoms with E-state index in [0.717, 1.165) is 12.1 Å². The van der Waals surface area contributed by atoms with Crippen LogP contribution in [-0.2, 0) is 16.2 Å². The summed E-state index contributed by atoms with van der Waals surface area (Å²) >= 11 is 2.91. The van der Waals surface area contributed by atoms with Crippen molar-refractivity contribution in [2.75, 3.05) is 13.1 Å². The highest BCUT2D eigenvalue weighted by molar-refractivity contribution is 9.10. The Labute approximate surface area is 142 Å². The van der Waals surface area contributed by atoms with Crippen LogP contribution in [0.3, 0.4) is 0 Å². The Balaban J connectivity index is 0.00000441. The third kappa shape index (κ3) is 6.04. The third-order valence-corrected chi connectivity index (χ3v) is 4.64.